The Morgan fingerprint density at radius 3 is 2.35 bits per heavy atom. The minimum absolute atomic E-state index is 0.0505. The van der Waals surface area contributed by atoms with E-state index < -0.39 is 12.1 Å². The molecule has 2 amide bonds. The summed E-state index contributed by atoms with van der Waals surface area (Å²) in [7, 11) is 0. The van der Waals surface area contributed by atoms with Crippen LogP contribution in [-0.2, 0) is 11.2 Å². The Kier molecular flexibility index (Phi) is 9.57. The van der Waals surface area contributed by atoms with Crippen molar-refractivity contribution in [3.8, 4) is 11.5 Å². The summed E-state index contributed by atoms with van der Waals surface area (Å²) in [5, 5.41) is 14.2. The van der Waals surface area contributed by atoms with Crippen molar-refractivity contribution < 1.29 is 24.2 Å². The van der Waals surface area contributed by atoms with Gasteiger partial charge in [-0.2, -0.15) is 0 Å². The topological polar surface area (TPSA) is 91.3 Å². The molecule has 0 radical (unpaired) electrons. The van der Waals surface area contributed by atoms with Crippen LogP contribution in [0.2, 0.25) is 5.02 Å². The van der Waals surface area contributed by atoms with Gasteiger partial charge >= 0.3 is 6.09 Å². The van der Waals surface area contributed by atoms with Gasteiger partial charge in [-0.15, -0.1) is 0 Å². The molecule has 0 unspecified atom stereocenters. The molecule has 242 valence electrons. The molecule has 0 spiro atoms. The molecule has 3 aliphatic rings. The van der Waals surface area contributed by atoms with Crippen LogP contribution in [0, 0.1) is 20.8 Å². The Bertz CT molecular complexity index is 1620. The van der Waals surface area contributed by atoms with Crippen molar-refractivity contribution in [1.82, 2.24) is 15.1 Å². The Hall–Kier alpha value is -4.01. The normalized spacial score (nSPS) is 19.2. The molecule has 2 bridgehead atoms. The van der Waals surface area contributed by atoms with Crippen LogP contribution in [0.25, 0.3) is 5.57 Å². The molecule has 46 heavy (non-hydrogen) atoms. The minimum Gasteiger partial charge on any atom is -0.490 e. The van der Waals surface area contributed by atoms with Crippen LogP contribution >= 0.6 is 11.6 Å². The molecule has 6 rings (SSSR count). The Labute approximate surface area is 275 Å². The molecule has 3 aromatic carbocycles. The Morgan fingerprint density at radius 2 is 1.65 bits per heavy atom. The van der Waals surface area contributed by atoms with E-state index in [0.29, 0.717) is 61.4 Å². The average Bonchev–Trinajstić information content (AvgIpc) is 3.88. The molecular formula is C37H42ClN3O5. The number of rotatable bonds is 11. The SMILES string of the molecule is Cc1ccc(CCN(C(=O)C2=C(c3ccc(OCCOc4cc(C)c(C)cc4Cl)cc3)C[C@@H]3CNC[C@H]2N3C(=O)O)C2CC2)cc1. The highest BCUT2D eigenvalue weighted by atomic mass is 35.5. The van der Waals surface area contributed by atoms with E-state index in [4.69, 9.17) is 21.1 Å². The van der Waals surface area contributed by atoms with Crippen molar-refractivity contribution in [2.45, 2.75) is 64.6 Å². The van der Waals surface area contributed by atoms with Gasteiger partial charge < -0.3 is 24.8 Å². The molecule has 1 saturated carbocycles. The Morgan fingerprint density at radius 1 is 0.957 bits per heavy atom. The van der Waals surface area contributed by atoms with Crippen molar-refractivity contribution in [2.75, 3.05) is 32.8 Å². The van der Waals surface area contributed by atoms with Gasteiger partial charge in [0.25, 0.3) is 5.91 Å². The van der Waals surface area contributed by atoms with E-state index in [1.54, 1.807) is 0 Å². The van der Waals surface area contributed by atoms with Gasteiger partial charge in [-0.1, -0.05) is 53.6 Å². The summed E-state index contributed by atoms with van der Waals surface area (Å²) < 4.78 is 11.8. The van der Waals surface area contributed by atoms with Gasteiger partial charge in [0.15, 0.2) is 0 Å². The van der Waals surface area contributed by atoms with Crippen LogP contribution < -0.4 is 14.8 Å². The third-order valence-electron chi connectivity index (χ3n) is 9.37. The van der Waals surface area contributed by atoms with Gasteiger partial charge in [0.05, 0.1) is 17.1 Å². The van der Waals surface area contributed by atoms with Crippen molar-refractivity contribution in [3.63, 3.8) is 0 Å². The molecule has 1 aliphatic carbocycles. The molecule has 2 fully saturated rings. The van der Waals surface area contributed by atoms with E-state index in [-0.39, 0.29) is 18.0 Å². The van der Waals surface area contributed by atoms with E-state index >= 15 is 0 Å². The second kappa shape index (κ2) is 13.8. The molecular weight excluding hydrogens is 602 g/mol. The van der Waals surface area contributed by atoms with Crippen molar-refractivity contribution in [1.29, 1.82) is 0 Å². The quantitative estimate of drug-likeness (QED) is 0.234. The summed E-state index contributed by atoms with van der Waals surface area (Å²) >= 11 is 6.34. The van der Waals surface area contributed by atoms with E-state index in [1.807, 2.05) is 55.1 Å². The number of aryl methyl sites for hydroxylation is 3. The fourth-order valence-electron chi connectivity index (χ4n) is 6.55. The second-order valence-corrected chi connectivity index (χ2v) is 13.1. The standard InChI is InChI=1S/C37H42ClN3O5/c1-23-4-6-26(7-5-23)14-15-40(28-10-11-28)36(42)35-31(20-29-21-39-22-33(35)41(29)37(43)44)27-8-12-30(13-9-27)45-16-17-46-34-19-25(3)24(2)18-32(34)38/h4-9,12-13,18-19,28-29,33,39H,10-11,14-17,20-22H2,1-3H3,(H,43,44)/t29-,33-/m1/s1. The maximum atomic E-state index is 14.5. The number of piperazine rings is 1. The fourth-order valence-corrected chi connectivity index (χ4v) is 6.83. The number of fused-ring (bicyclic) bond motifs is 2. The molecule has 1 saturated heterocycles. The van der Waals surface area contributed by atoms with Crippen LogP contribution in [0.4, 0.5) is 4.79 Å². The summed E-state index contributed by atoms with van der Waals surface area (Å²) in [6.45, 7) is 8.36. The number of carbonyl (C=O) groups is 2. The van der Waals surface area contributed by atoms with Gasteiger partial charge in [0, 0.05) is 31.2 Å². The predicted molar refractivity (Wildman–Crippen MR) is 180 cm³/mol. The zero-order chi connectivity index (χ0) is 32.4. The smallest absolute Gasteiger partial charge is 0.408 e. The number of benzene rings is 3. The average molecular weight is 644 g/mol. The maximum absolute atomic E-state index is 14.5. The lowest BCUT2D eigenvalue weighted by atomic mass is 9.82. The third-order valence-corrected chi connectivity index (χ3v) is 9.66. The van der Waals surface area contributed by atoms with Crippen molar-refractivity contribution >= 4 is 29.2 Å². The summed E-state index contributed by atoms with van der Waals surface area (Å²) in [6.07, 6.45) is 2.19. The van der Waals surface area contributed by atoms with Gasteiger partial charge in [0.1, 0.15) is 24.7 Å². The van der Waals surface area contributed by atoms with E-state index in [1.165, 1.54) is 16.0 Å². The second-order valence-electron chi connectivity index (χ2n) is 12.7. The first-order valence-electron chi connectivity index (χ1n) is 16.1. The summed E-state index contributed by atoms with van der Waals surface area (Å²) in [6, 6.07) is 19.4. The number of amides is 2. The fraction of sp³-hybridized carbons (Fsp3) is 0.405. The van der Waals surface area contributed by atoms with E-state index in [0.717, 1.165) is 41.5 Å². The predicted octanol–water partition coefficient (Wildman–Crippen LogP) is 6.43. The summed E-state index contributed by atoms with van der Waals surface area (Å²) in [4.78, 5) is 30.4. The zero-order valence-corrected chi connectivity index (χ0v) is 27.5. The number of halogens is 1. The largest absolute Gasteiger partial charge is 0.490 e. The molecule has 9 heteroatoms. The molecule has 2 N–H and O–H groups in total. The van der Waals surface area contributed by atoms with Gasteiger partial charge in [-0.05, 0) is 98.5 Å². The van der Waals surface area contributed by atoms with Crippen molar-refractivity contribution in [2.24, 2.45) is 0 Å². The number of nitrogens with one attached hydrogen (secondary N) is 1. The molecule has 8 nitrogen and oxygen atoms in total. The van der Waals surface area contributed by atoms with Crippen LogP contribution in [0.1, 0.15) is 47.1 Å². The zero-order valence-electron chi connectivity index (χ0n) is 26.7. The van der Waals surface area contributed by atoms with Gasteiger partial charge in [-0.25, -0.2) is 4.79 Å². The number of hydrogen-bond acceptors (Lipinski definition) is 5. The van der Waals surface area contributed by atoms with Crippen LogP contribution in [0.3, 0.4) is 0 Å². The monoisotopic (exact) mass is 643 g/mol. The van der Waals surface area contributed by atoms with Crippen LogP contribution in [-0.4, -0.2) is 77.9 Å². The molecule has 2 aliphatic heterocycles. The number of carbonyl (C=O) groups excluding carboxylic acids is 1. The van der Waals surface area contributed by atoms with Crippen LogP contribution in [0.15, 0.2) is 66.2 Å². The first kappa shape index (κ1) is 32.0. The highest BCUT2D eigenvalue weighted by Crippen LogP contribution is 2.40. The van der Waals surface area contributed by atoms with Crippen molar-refractivity contribution in [3.05, 3.63) is 99.1 Å². The summed E-state index contributed by atoms with van der Waals surface area (Å²) in [5.74, 6) is 1.28. The van der Waals surface area contributed by atoms with Gasteiger partial charge in [-0.3, -0.25) is 9.69 Å². The first-order chi connectivity index (χ1) is 22.2. The van der Waals surface area contributed by atoms with E-state index in [2.05, 4.69) is 36.5 Å². The molecule has 2 heterocycles. The number of nitrogens with zero attached hydrogens (tertiary/aromatic N) is 2. The minimum atomic E-state index is -0.980. The maximum Gasteiger partial charge on any atom is 0.408 e. The third kappa shape index (κ3) is 7.03. The highest BCUT2D eigenvalue weighted by molar-refractivity contribution is 6.32. The molecule has 2 atom stereocenters. The Balaban J connectivity index is 1.21. The number of ether oxygens (including phenoxy) is 2. The number of carboxylic acid groups (broad SMARTS) is 1. The van der Waals surface area contributed by atoms with E-state index in [9.17, 15) is 14.7 Å². The molecule has 3 aromatic rings. The van der Waals surface area contributed by atoms with Gasteiger partial charge in [0.2, 0.25) is 0 Å². The first-order valence-corrected chi connectivity index (χ1v) is 16.5. The lowest BCUT2D eigenvalue weighted by Gasteiger charge is -2.47. The molecule has 0 aromatic heterocycles. The highest BCUT2D eigenvalue weighted by Gasteiger charge is 2.46. The van der Waals surface area contributed by atoms with Crippen LogP contribution in [0.5, 0.6) is 11.5 Å². The summed E-state index contributed by atoms with van der Waals surface area (Å²) in [5.41, 5.74) is 7.06. The lowest BCUT2D eigenvalue weighted by Crippen LogP contribution is -2.63. The number of hydrogen-bond donors (Lipinski definition) is 2. The lowest BCUT2D eigenvalue weighted by molar-refractivity contribution is -0.128.